The molecule has 6 heteroatoms. The molecule has 0 aromatic heterocycles. The van der Waals surface area contributed by atoms with Crippen LogP contribution in [0.15, 0.2) is 0 Å². The lowest BCUT2D eigenvalue weighted by atomic mass is 9.92. The molecule has 0 spiro atoms. The van der Waals surface area contributed by atoms with Crippen LogP contribution < -0.4 is 16.0 Å². The van der Waals surface area contributed by atoms with Crippen LogP contribution >= 0.6 is 0 Å². The average molecular weight is 240 g/mol. The number of carbonyl (C=O) groups is 2. The van der Waals surface area contributed by atoms with Crippen molar-refractivity contribution in [1.29, 1.82) is 5.26 Å². The molecular weight excluding hydrogens is 220 g/mol. The summed E-state index contributed by atoms with van der Waals surface area (Å²) in [6.07, 6.45) is 0.301. The van der Waals surface area contributed by atoms with Crippen LogP contribution in [-0.2, 0) is 9.59 Å². The number of hydrogen-bond acceptors (Lipinski definition) is 4. The molecule has 0 saturated heterocycles. The van der Waals surface area contributed by atoms with E-state index < -0.39 is 5.41 Å². The zero-order valence-corrected chi connectivity index (χ0v) is 10.6. The van der Waals surface area contributed by atoms with E-state index in [-0.39, 0.29) is 18.4 Å². The van der Waals surface area contributed by atoms with E-state index in [0.29, 0.717) is 19.5 Å². The Hall–Kier alpha value is -1.61. The van der Waals surface area contributed by atoms with Gasteiger partial charge in [0.1, 0.15) is 0 Å². The lowest BCUT2D eigenvalue weighted by Gasteiger charge is -2.22. The number of nitrogens with zero attached hydrogens (tertiary/aromatic N) is 1. The molecule has 0 aromatic rings. The van der Waals surface area contributed by atoms with Crippen LogP contribution in [0.2, 0.25) is 0 Å². The summed E-state index contributed by atoms with van der Waals surface area (Å²) >= 11 is 0. The fourth-order valence-electron chi connectivity index (χ4n) is 1.23. The molecule has 0 fully saturated rings. The van der Waals surface area contributed by atoms with Gasteiger partial charge in [-0.25, -0.2) is 0 Å². The van der Waals surface area contributed by atoms with E-state index in [1.165, 1.54) is 0 Å². The Labute approximate surface area is 102 Å². The van der Waals surface area contributed by atoms with E-state index in [2.05, 4.69) is 16.0 Å². The van der Waals surface area contributed by atoms with Crippen molar-refractivity contribution in [3.05, 3.63) is 0 Å². The highest BCUT2D eigenvalue weighted by Crippen LogP contribution is 2.12. The molecule has 96 valence electrons. The third kappa shape index (κ3) is 6.53. The summed E-state index contributed by atoms with van der Waals surface area (Å²) in [7, 11) is 1.58. The molecule has 0 heterocycles. The maximum atomic E-state index is 11.4. The summed E-state index contributed by atoms with van der Waals surface area (Å²) in [5, 5.41) is 16.4. The molecule has 3 N–H and O–H groups in total. The van der Waals surface area contributed by atoms with Crippen molar-refractivity contribution >= 4 is 11.8 Å². The van der Waals surface area contributed by atoms with E-state index in [9.17, 15) is 9.59 Å². The topological polar surface area (TPSA) is 94.0 Å². The van der Waals surface area contributed by atoms with Crippen LogP contribution in [0.3, 0.4) is 0 Å². The summed E-state index contributed by atoms with van der Waals surface area (Å²) in [5.41, 5.74) is -0.554. The average Bonchev–Trinajstić information content (AvgIpc) is 2.28. The lowest BCUT2D eigenvalue weighted by molar-refractivity contribution is -0.129. The first-order valence-corrected chi connectivity index (χ1v) is 5.50. The van der Waals surface area contributed by atoms with Crippen molar-refractivity contribution in [3.63, 3.8) is 0 Å². The molecule has 0 aliphatic rings. The predicted octanol–water partition coefficient (Wildman–Crippen LogP) is -0.622. The Bertz CT molecular complexity index is 307. The standard InChI is InChI=1S/C11H20N4O2/c1-11(2,10(17)13-3)8-14-7-9(16)15-6-4-5-12/h14H,4,6-8H2,1-3H3,(H,13,17)(H,15,16). The largest absolute Gasteiger partial charge is 0.359 e. The van der Waals surface area contributed by atoms with E-state index in [1.807, 2.05) is 6.07 Å². The monoisotopic (exact) mass is 240 g/mol. The molecule has 0 bridgehead atoms. The van der Waals surface area contributed by atoms with E-state index in [4.69, 9.17) is 5.26 Å². The number of rotatable bonds is 7. The molecule has 2 amide bonds. The normalized spacial score (nSPS) is 10.5. The summed E-state index contributed by atoms with van der Waals surface area (Å²) in [6.45, 7) is 4.51. The van der Waals surface area contributed by atoms with Gasteiger partial charge in [0.05, 0.1) is 24.4 Å². The van der Waals surface area contributed by atoms with Gasteiger partial charge in [-0.3, -0.25) is 9.59 Å². The fourth-order valence-corrected chi connectivity index (χ4v) is 1.23. The van der Waals surface area contributed by atoms with Gasteiger partial charge in [-0.15, -0.1) is 0 Å². The number of nitriles is 1. The van der Waals surface area contributed by atoms with Crippen molar-refractivity contribution in [2.45, 2.75) is 20.3 Å². The second-order valence-corrected chi connectivity index (χ2v) is 4.32. The van der Waals surface area contributed by atoms with Gasteiger partial charge < -0.3 is 16.0 Å². The summed E-state index contributed by atoms with van der Waals surface area (Å²) in [4.78, 5) is 22.7. The fraction of sp³-hybridized carbons (Fsp3) is 0.727. The number of hydrogen-bond donors (Lipinski definition) is 3. The number of carbonyl (C=O) groups excluding carboxylic acids is 2. The first kappa shape index (κ1) is 15.4. The minimum Gasteiger partial charge on any atom is -0.359 e. The quantitative estimate of drug-likeness (QED) is 0.517. The van der Waals surface area contributed by atoms with E-state index in [0.717, 1.165) is 0 Å². The highest BCUT2D eigenvalue weighted by molar-refractivity contribution is 5.82. The molecule has 0 unspecified atom stereocenters. The molecule has 17 heavy (non-hydrogen) atoms. The smallest absolute Gasteiger partial charge is 0.233 e. The van der Waals surface area contributed by atoms with Crippen LogP contribution in [-0.4, -0.2) is 38.5 Å². The molecule has 6 nitrogen and oxygen atoms in total. The third-order valence-electron chi connectivity index (χ3n) is 2.25. The maximum Gasteiger partial charge on any atom is 0.233 e. The summed E-state index contributed by atoms with van der Waals surface area (Å²) in [6, 6.07) is 1.94. The summed E-state index contributed by atoms with van der Waals surface area (Å²) < 4.78 is 0. The van der Waals surface area contributed by atoms with Gasteiger partial charge in [0, 0.05) is 20.1 Å². The van der Waals surface area contributed by atoms with Crippen LogP contribution in [0.1, 0.15) is 20.3 Å². The van der Waals surface area contributed by atoms with Gasteiger partial charge >= 0.3 is 0 Å². The van der Waals surface area contributed by atoms with Gasteiger partial charge in [0.2, 0.25) is 11.8 Å². The Morgan fingerprint density at radius 2 is 2.00 bits per heavy atom. The van der Waals surface area contributed by atoms with E-state index >= 15 is 0 Å². The SMILES string of the molecule is CNC(=O)C(C)(C)CNCC(=O)NCCC#N. The minimum absolute atomic E-state index is 0.0742. The first-order valence-electron chi connectivity index (χ1n) is 5.50. The Balaban J connectivity index is 3.80. The van der Waals surface area contributed by atoms with Gasteiger partial charge in [0.25, 0.3) is 0 Å². The first-order chi connectivity index (χ1) is 7.94. The van der Waals surface area contributed by atoms with Crippen molar-refractivity contribution in [1.82, 2.24) is 16.0 Å². The second-order valence-electron chi connectivity index (χ2n) is 4.32. The molecular formula is C11H20N4O2. The second kappa shape index (κ2) is 7.63. The Morgan fingerprint density at radius 1 is 1.35 bits per heavy atom. The Kier molecular flexibility index (Phi) is 6.91. The van der Waals surface area contributed by atoms with Gasteiger partial charge in [-0.2, -0.15) is 5.26 Å². The van der Waals surface area contributed by atoms with Gasteiger partial charge in [0.15, 0.2) is 0 Å². The van der Waals surface area contributed by atoms with Crippen molar-refractivity contribution in [2.75, 3.05) is 26.7 Å². The van der Waals surface area contributed by atoms with Gasteiger partial charge in [-0.05, 0) is 13.8 Å². The number of amides is 2. The lowest BCUT2D eigenvalue weighted by Crippen LogP contribution is -2.44. The third-order valence-corrected chi connectivity index (χ3v) is 2.25. The predicted molar refractivity (Wildman–Crippen MR) is 64.0 cm³/mol. The number of nitrogens with one attached hydrogen (secondary N) is 3. The molecule has 0 radical (unpaired) electrons. The van der Waals surface area contributed by atoms with Crippen molar-refractivity contribution in [2.24, 2.45) is 5.41 Å². The highest BCUT2D eigenvalue weighted by Gasteiger charge is 2.25. The maximum absolute atomic E-state index is 11.4. The van der Waals surface area contributed by atoms with Gasteiger partial charge in [-0.1, -0.05) is 0 Å². The Morgan fingerprint density at radius 3 is 2.53 bits per heavy atom. The zero-order valence-electron chi connectivity index (χ0n) is 10.6. The van der Waals surface area contributed by atoms with Crippen LogP contribution in [0.5, 0.6) is 0 Å². The molecule has 0 aromatic carbocycles. The summed E-state index contributed by atoms with van der Waals surface area (Å²) in [5.74, 6) is -0.247. The zero-order chi connectivity index (χ0) is 13.3. The molecule has 0 atom stereocenters. The van der Waals surface area contributed by atoms with E-state index in [1.54, 1.807) is 20.9 Å². The van der Waals surface area contributed by atoms with Crippen LogP contribution in [0.4, 0.5) is 0 Å². The molecule has 0 aliphatic carbocycles. The van der Waals surface area contributed by atoms with Crippen LogP contribution in [0.25, 0.3) is 0 Å². The van der Waals surface area contributed by atoms with Crippen LogP contribution in [0, 0.1) is 16.7 Å². The molecule has 0 saturated carbocycles. The molecule has 0 rings (SSSR count). The highest BCUT2D eigenvalue weighted by atomic mass is 16.2. The van der Waals surface area contributed by atoms with Crippen molar-refractivity contribution < 1.29 is 9.59 Å². The van der Waals surface area contributed by atoms with Crippen molar-refractivity contribution in [3.8, 4) is 6.07 Å². The minimum atomic E-state index is -0.554. The molecule has 0 aliphatic heterocycles.